The maximum atomic E-state index is 13.0. The van der Waals surface area contributed by atoms with Crippen LogP contribution in [0.3, 0.4) is 0 Å². The Hall–Kier alpha value is -1.86. The molecule has 1 amide bonds. The molecule has 0 aliphatic carbocycles. The highest BCUT2D eigenvalue weighted by Gasteiger charge is 2.47. The van der Waals surface area contributed by atoms with Gasteiger partial charge in [-0.1, -0.05) is 141 Å². The number of unbranched alkanes of at least 4 members (excludes halogenated alkanes) is 19. The summed E-state index contributed by atoms with van der Waals surface area (Å²) in [5.74, 6) is -2.19. The predicted molar refractivity (Wildman–Crippen MR) is 209 cm³/mol. The summed E-state index contributed by atoms with van der Waals surface area (Å²) in [6.45, 7) is 4.04. The molecule has 1 heterocycles. The van der Waals surface area contributed by atoms with E-state index >= 15 is 0 Å². The Labute approximate surface area is 320 Å². The lowest BCUT2D eigenvalue weighted by Gasteiger charge is -2.39. The molecule has 0 spiro atoms. The molecule has 11 nitrogen and oxygen atoms in total. The quantitative estimate of drug-likeness (QED) is 0.0266. The number of aliphatic hydroxyl groups is 5. The third-order valence-corrected chi connectivity index (χ3v) is 10.1. The first-order valence-electron chi connectivity index (χ1n) is 21.1. The lowest BCUT2D eigenvalue weighted by atomic mass is 9.99. The van der Waals surface area contributed by atoms with Crippen molar-refractivity contribution >= 4 is 11.9 Å². The van der Waals surface area contributed by atoms with E-state index in [9.17, 15) is 40.2 Å². The third kappa shape index (κ3) is 23.6. The van der Waals surface area contributed by atoms with Gasteiger partial charge in [-0.15, -0.1) is 0 Å². The number of allylic oxidation sites excluding steroid dienone is 4. The second-order valence-corrected chi connectivity index (χ2v) is 15.0. The molecule has 2 unspecified atom stereocenters. The van der Waals surface area contributed by atoms with Gasteiger partial charge in [0.2, 0.25) is 5.91 Å². The van der Waals surface area contributed by atoms with E-state index in [-0.39, 0.29) is 13.0 Å². The van der Waals surface area contributed by atoms with E-state index in [0.717, 1.165) is 77.0 Å². The highest BCUT2D eigenvalue weighted by molar-refractivity contribution is 5.80. The summed E-state index contributed by atoms with van der Waals surface area (Å²) in [7, 11) is 0. The minimum atomic E-state index is -1.86. The van der Waals surface area contributed by atoms with Crippen LogP contribution in [0.15, 0.2) is 24.3 Å². The number of hydrogen-bond donors (Lipinski definition) is 7. The van der Waals surface area contributed by atoms with Crippen LogP contribution in [0.5, 0.6) is 0 Å². The first kappa shape index (κ1) is 49.2. The summed E-state index contributed by atoms with van der Waals surface area (Å²) in [6, 6.07) is -0.990. The summed E-state index contributed by atoms with van der Waals surface area (Å²) in [5.41, 5.74) is 0. The van der Waals surface area contributed by atoms with Crippen LogP contribution < -0.4 is 5.32 Å². The standard InChI is InChI=1S/C42H77NO10/c1-3-5-7-9-11-13-15-17-18-19-21-22-24-26-28-30-34(44)33(32-52-42-38(48)36(46)37(47)39(53-42)41(50)51)43-40(49)35(45)31-29-27-25-23-20-16-14-12-10-8-6-4-2/h10,12-13,15,33-39,42,44-48H,3-9,11,14,16-32H2,1-2H3,(H,43,49)(H,50,51)/b12-10+,15-13+/t33?,34?,35-,36-,37-,38+,39-,42-/m0/s1. The van der Waals surface area contributed by atoms with Crippen LogP contribution in [-0.4, -0.2) is 98.1 Å². The van der Waals surface area contributed by atoms with Crippen LogP contribution in [0.1, 0.15) is 174 Å². The molecular weight excluding hydrogens is 678 g/mol. The predicted octanol–water partition coefficient (Wildman–Crippen LogP) is 7.01. The smallest absolute Gasteiger partial charge is 0.335 e. The number of ether oxygens (including phenoxy) is 2. The zero-order valence-corrected chi connectivity index (χ0v) is 33.1. The molecule has 8 atom stereocenters. The second-order valence-electron chi connectivity index (χ2n) is 15.0. The number of nitrogens with one attached hydrogen (secondary N) is 1. The van der Waals surface area contributed by atoms with Crippen molar-refractivity contribution in [1.29, 1.82) is 0 Å². The first-order chi connectivity index (χ1) is 25.6. The zero-order chi connectivity index (χ0) is 39.1. The van der Waals surface area contributed by atoms with Crippen LogP contribution in [0.4, 0.5) is 0 Å². The largest absolute Gasteiger partial charge is 0.479 e. The van der Waals surface area contributed by atoms with E-state index in [4.69, 9.17) is 9.47 Å². The number of carboxylic acid groups (broad SMARTS) is 1. The molecule has 1 rings (SSSR count). The normalized spacial score (nSPS) is 22.4. The maximum Gasteiger partial charge on any atom is 0.335 e. The van der Waals surface area contributed by atoms with Gasteiger partial charge in [0.25, 0.3) is 0 Å². The molecular formula is C42H77NO10. The van der Waals surface area contributed by atoms with Gasteiger partial charge in [0.15, 0.2) is 12.4 Å². The summed E-state index contributed by atoms with van der Waals surface area (Å²) in [4.78, 5) is 24.5. The number of carbonyl (C=O) groups is 2. The first-order valence-corrected chi connectivity index (χ1v) is 21.1. The Morgan fingerprint density at radius 3 is 1.58 bits per heavy atom. The van der Waals surface area contributed by atoms with Gasteiger partial charge in [0.1, 0.15) is 24.4 Å². The number of hydrogen-bond acceptors (Lipinski definition) is 9. The molecule has 1 saturated heterocycles. The van der Waals surface area contributed by atoms with Crippen molar-refractivity contribution in [1.82, 2.24) is 5.32 Å². The summed E-state index contributed by atoms with van der Waals surface area (Å²) < 4.78 is 10.8. The van der Waals surface area contributed by atoms with Gasteiger partial charge in [-0.3, -0.25) is 4.79 Å². The Bertz CT molecular complexity index is 962. The molecule has 0 aromatic carbocycles. The number of amides is 1. The molecule has 53 heavy (non-hydrogen) atoms. The molecule has 0 aromatic heterocycles. The molecule has 1 fully saturated rings. The molecule has 310 valence electrons. The fourth-order valence-corrected chi connectivity index (χ4v) is 6.54. The lowest BCUT2D eigenvalue weighted by Crippen LogP contribution is -2.61. The van der Waals surface area contributed by atoms with Gasteiger partial charge < -0.3 is 45.4 Å². The topological polar surface area (TPSA) is 186 Å². The molecule has 11 heteroatoms. The van der Waals surface area contributed by atoms with Crippen molar-refractivity contribution in [2.75, 3.05) is 6.61 Å². The monoisotopic (exact) mass is 756 g/mol. The Morgan fingerprint density at radius 1 is 0.623 bits per heavy atom. The minimum absolute atomic E-state index is 0.278. The van der Waals surface area contributed by atoms with Crippen LogP contribution in [-0.2, 0) is 19.1 Å². The number of carboxylic acids is 1. The summed E-state index contributed by atoms with van der Waals surface area (Å²) in [5, 5.41) is 64.3. The average Bonchev–Trinajstić information content (AvgIpc) is 3.14. The number of aliphatic carboxylic acids is 1. The molecule has 0 bridgehead atoms. The minimum Gasteiger partial charge on any atom is -0.479 e. The molecule has 7 N–H and O–H groups in total. The van der Waals surface area contributed by atoms with Crippen molar-refractivity contribution in [3.05, 3.63) is 24.3 Å². The molecule has 0 saturated carbocycles. The SMILES string of the molecule is CCCC/C=C/CCCCCCCC[C@H](O)C(=O)NC(CO[C@H]1O[C@H](C(=O)O)[C@@H](O)[C@H](O)[C@H]1O)C(O)CCCCCCCCC/C=C/CCCCCC. The van der Waals surface area contributed by atoms with Gasteiger partial charge in [0.05, 0.1) is 18.8 Å². The van der Waals surface area contributed by atoms with Gasteiger partial charge >= 0.3 is 5.97 Å². The van der Waals surface area contributed by atoms with E-state index in [0.29, 0.717) is 19.3 Å². The summed E-state index contributed by atoms with van der Waals surface area (Å²) >= 11 is 0. The Balaban J connectivity index is 2.50. The van der Waals surface area contributed by atoms with E-state index in [1.165, 1.54) is 57.8 Å². The van der Waals surface area contributed by atoms with Gasteiger partial charge in [-0.25, -0.2) is 4.79 Å². The molecule has 1 aliphatic heterocycles. The zero-order valence-electron chi connectivity index (χ0n) is 33.1. The van der Waals surface area contributed by atoms with Crippen LogP contribution >= 0.6 is 0 Å². The highest BCUT2D eigenvalue weighted by Crippen LogP contribution is 2.23. The molecule has 0 aromatic rings. The highest BCUT2D eigenvalue weighted by atomic mass is 16.7. The number of rotatable bonds is 34. The molecule has 1 aliphatic rings. The molecule has 0 radical (unpaired) electrons. The summed E-state index contributed by atoms with van der Waals surface area (Å²) in [6.07, 6.45) is 24.1. The van der Waals surface area contributed by atoms with Crippen molar-refractivity contribution in [2.45, 2.75) is 223 Å². The van der Waals surface area contributed by atoms with E-state index < -0.39 is 60.8 Å². The van der Waals surface area contributed by atoms with Gasteiger partial charge in [0, 0.05) is 0 Å². The second kappa shape index (κ2) is 32.4. The van der Waals surface area contributed by atoms with Gasteiger partial charge in [-0.2, -0.15) is 0 Å². The van der Waals surface area contributed by atoms with Crippen molar-refractivity contribution in [2.24, 2.45) is 0 Å². The fraction of sp³-hybridized carbons (Fsp3) is 0.857. The van der Waals surface area contributed by atoms with Crippen molar-refractivity contribution < 1.29 is 49.7 Å². The third-order valence-electron chi connectivity index (χ3n) is 10.1. The van der Waals surface area contributed by atoms with E-state index in [2.05, 4.69) is 43.5 Å². The fourth-order valence-electron chi connectivity index (χ4n) is 6.54. The Kier molecular flexibility index (Phi) is 30.0. The van der Waals surface area contributed by atoms with Crippen LogP contribution in [0.25, 0.3) is 0 Å². The van der Waals surface area contributed by atoms with Crippen molar-refractivity contribution in [3.8, 4) is 0 Å². The van der Waals surface area contributed by atoms with Crippen LogP contribution in [0, 0.1) is 0 Å². The van der Waals surface area contributed by atoms with Crippen molar-refractivity contribution in [3.63, 3.8) is 0 Å². The number of aliphatic hydroxyl groups excluding tert-OH is 5. The maximum absolute atomic E-state index is 13.0. The Morgan fingerprint density at radius 2 is 1.08 bits per heavy atom. The van der Waals surface area contributed by atoms with E-state index in [1.807, 2.05) is 0 Å². The number of carbonyl (C=O) groups excluding carboxylic acids is 1. The van der Waals surface area contributed by atoms with Gasteiger partial charge in [-0.05, 0) is 57.8 Å². The van der Waals surface area contributed by atoms with Crippen LogP contribution in [0.2, 0.25) is 0 Å². The average molecular weight is 756 g/mol. The van der Waals surface area contributed by atoms with E-state index in [1.54, 1.807) is 0 Å². The lowest BCUT2D eigenvalue weighted by molar-refractivity contribution is -0.295.